The van der Waals surface area contributed by atoms with Gasteiger partial charge in [0.25, 0.3) is 5.91 Å². The topological polar surface area (TPSA) is 50.6 Å². The molecule has 3 rings (SSSR count). The number of amides is 1. The van der Waals surface area contributed by atoms with Gasteiger partial charge in [0.05, 0.1) is 17.9 Å². The summed E-state index contributed by atoms with van der Waals surface area (Å²) in [5, 5.41) is 0. The van der Waals surface area contributed by atoms with Gasteiger partial charge in [0, 0.05) is 46.0 Å². The number of rotatable bonds is 5. The van der Waals surface area contributed by atoms with Crippen LogP contribution in [0.4, 0.5) is 0 Å². The van der Waals surface area contributed by atoms with Gasteiger partial charge in [-0.2, -0.15) is 0 Å². The molecule has 0 radical (unpaired) electrons. The Labute approximate surface area is 149 Å². The Morgan fingerprint density at radius 3 is 2.56 bits per heavy atom. The third kappa shape index (κ3) is 3.85. The number of carbonyl (C=O) groups is 1. The standard InChI is InChI=1S/C19H26N4O2/c1-4-25-18-8-6-5-7-17(18)19(24)23-11-9-22(10-12-23)14-16-13-20-15(2)21(16)3/h5-8,13H,4,9-12,14H2,1-3H3. The molecule has 2 aromatic rings. The van der Waals surface area contributed by atoms with E-state index in [1.165, 1.54) is 5.69 Å². The summed E-state index contributed by atoms with van der Waals surface area (Å²) < 4.78 is 7.72. The van der Waals surface area contributed by atoms with E-state index >= 15 is 0 Å². The maximum Gasteiger partial charge on any atom is 0.257 e. The average Bonchev–Trinajstić information content (AvgIpc) is 2.95. The fourth-order valence-corrected chi connectivity index (χ4v) is 3.13. The number of ether oxygens (including phenoxy) is 1. The van der Waals surface area contributed by atoms with Crippen molar-refractivity contribution in [2.45, 2.75) is 20.4 Å². The van der Waals surface area contributed by atoms with E-state index in [0.29, 0.717) is 17.9 Å². The maximum absolute atomic E-state index is 12.8. The minimum Gasteiger partial charge on any atom is -0.493 e. The Kier molecular flexibility index (Phi) is 5.38. The van der Waals surface area contributed by atoms with Crippen molar-refractivity contribution in [1.29, 1.82) is 0 Å². The van der Waals surface area contributed by atoms with Crippen LogP contribution >= 0.6 is 0 Å². The number of hydrogen-bond donors (Lipinski definition) is 0. The molecule has 25 heavy (non-hydrogen) atoms. The molecule has 1 aromatic heterocycles. The Morgan fingerprint density at radius 1 is 1.20 bits per heavy atom. The highest BCUT2D eigenvalue weighted by Gasteiger charge is 2.24. The second kappa shape index (κ2) is 7.70. The first-order valence-electron chi connectivity index (χ1n) is 8.80. The van der Waals surface area contributed by atoms with Crippen molar-refractivity contribution < 1.29 is 9.53 Å². The van der Waals surface area contributed by atoms with Crippen molar-refractivity contribution in [3.8, 4) is 5.75 Å². The quantitative estimate of drug-likeness (QED) is 0.835. The summed E-state index contributed by atoms with van der Waals surface area (Å²) in [6, 6.07) is 7.49. The lowest BCUT2D eigenvalue weighted by Crippen LogP contribution is -2.48. The molecule has 0 unspecified atom stereocenters. The molecule has 2 heterocycles. The normalized spacial score (nSPS) is 15.4. The summed E-state index contributed by atoms with van der Waals surface area (Å²) in [6.07, 6.45) is 1.94. The first kappa shape index (κ1) is 17.5. The van der Waals surface area contributed by atoms with E-state index < -0.39 is 0 Å². The van der Waals surface area contributed by atoms with Crippen LogP contribution in [0.2, 0.25) is 0 Å². The van der Waals surface area contributed by atoms with Crippen molar-refractivity contribution in [3.63, 3.8) is 0 Å². The predicted molar refractivity (Wildman–Crippen MR) is 96.7 cm³/mol. The minimum atomic E-state index is 0.0556. The molecular weight excluding hydrogens is 316 g/mol. The van der Waals surface area contributed by atoms with Gasteiger partial charge in [-0.15, -0.1) is 0 Å². The predicted octanol–water partition coefficient (Wildman–Crippen LogP) is 2.09. The molecule has 0 bridgehead atoms. The molecule has 1 aliphatic rings. The Bertz CT molecular complexity index is 733. The van der Waals surface area contributed by atoms with Crippen LogP contribution in [0.15, 0.2) is 30.5 Å². The van der Waals surface area contributed by atoms with Gasteiger partial charge < -0.3 is 14.2 Å². The summed E-state index contributed by atoms with van der Waals surface area (Å²) in [4.78, 5) is 21.5. The summed E-state index contributed by atoms with van der Waals surface area (Å²) in [6.45, 7) is 8.57. The van der Waals surface area contributed by atoms with E-state index in [1.54, 1.807) is 0 Å². The molecule has 0 spiro atoms. The van der Waals surface area contributed by atoms with E-state index in [0.717, 1.165) is 38.5 Å². The zero-order valence-corrected chi connectivity index (χ0v) is 15.2. The molecule has 0 N–H and O–H groups in total. The van der Waals surface area contributed by atoms with Crippen LogP contribution < -0.4 is 4.74 Å². The smallest absolute Gasteiger partial charge is 0.257 e. The number of imidazole rings is 1. The zero-order chi connectivity index (χ0) is 17.8. The third-order valence-electron chi connectivity index (χ3n) is 4.78. The van der Waals surface area contributed by atoms with Gasteiger partial charge in [0.15, 0.2) is 0 Å². The SMILES string of the molecule is CCOc1ccccc1C(=O)N1CCN(Cc2cnc(C)n2C)CC1. The molecule has 1 amide bonds. The van der Waals surface area contributed by atoms with Crippen LogP contribution in [-0.2, 0) is 13.6 Å². The van der Waals surface area contributed by atoms with Gasteiger partial charge in [-0.25, -0.2) is 4.98 Å². The van der Waals surface area contributed by atoms with Crippen LogP contribution in [0.3, 0.4) is 0 Å². The van der Waals surface area contributed by atoms with Crippen molar-refractivity contribution in [2.24, 2.45) is 7.05 Å². The lowest BCUT2D eigenvalue weighted by atomic mass is 10.1. The van der Waals surface area contributed by atoms with E-state index in [-0.39, 0.29) is 5.91 Å². The molecular formula is C19H26N4O2. The number of aryl methyl sites for hydroxylation is 1. The summed E-state index contributed by atoms with van der Waals surface area (Å²) in [5.41, 5.74) is 1.86. The van der Waals surface area contributed by atoms with Gasteiger partial charge >= 0.3 is 0 Å². The number of para-hydroxylation sites is 1. The fourth-order valence-electron chi connectivity index (χ4n) is 3.13. The monoisotopic (exact) mass is 342 g/mol. The van der Waals surface area contributed by atoms with Crippen molar-refractivity contribution in [2.75, 3.05) is 32.8 Å². The highest BCUT2D eigenvalue weighted by molar-refractivity contribution is 5.97. The lowest BCUT2D eigenvalue weighted by molar-refractivity contribution is 0.0622. The Hall–Kier alpha value is -2.34. The highest BCUT2D eigenvalue weighted by Crippen LogP contribution is 2.21. The van der Waals surface area contributed by atoms with Crippen LogP contribution in [0.1, 0.15) is 28.8 Å². The van der Waals surface area contributed by atoms with Gasteiger partial charge in [-0.1, -0.05) is 12.1 Å². The molecule has 0 aliphatic carbocycles. The molecule has 6 nitrogen and oxygen atoms in total. The minimum absolute atomic E-state index is 0.0556. The third-order valence-corrected chi connectivity index (χ3v) is 4.78. The van der Waals surface area contributed by atoms with Crippen molar-refractivity contribution >= 4 is 5.91 Å². The molecule has 0 atom stereocenters. The molecule has 1 saturated heterocycles. The van der Waals surface area contributed by atoms with Crippen LogP contribution in [0, 0.1) is 6.92 Å². The van der Waals surface area contributed by atoms with Gasteiger partial charge in [0.1, 0.15) is 11.6 Å². The Morgan fingerprint density at radius 2 is 1.92 bits per heavy atom. The number of piperazine rings is 1. The highest BCUT2D eigenvalue weighted by atomic mass is 16.5. The number of aromatic nitrogens is 2. The van der Waals surface area contributed by atoms with Gasteiger partial charge in [0.2, 0.25) is 0 Å². The first-order chi connectivity index (χ1) is 12.1. The van der Waals surface area contributed by atoms with Gasteiger partial charge in [-0.3, -0.25) is 9.69 Å². The van der Waals surface area contributed by atoms with Crippen LogP contribution in [0.25, 0.3) is 0 Å². The first-order valence-corrected chi connectivity index (χ1v) is 8.80. The molecule has 1 aromatic carbocycles. The summed E-state index contributed by atoms with van der Waals surface area (Å²) >= 11 is 0. The summed E-state index contributed by atoms with van der Waals surface area (Å²) in [7, 11) is 2.04. The lowest BCUT2D eigenvalue weighted by Gasteiger charge is -2.35. The zero-order valence-electron chi connectivity index (χ0n) is 15.2. The molecule has 0 saturated carbocycles. The number of benzene rings is 1. The summed E-state index contributed by atoms with van der Waals surface area (Å²) in [5.74, 6) is 1.75. The second-order valence-corrected chi connectivity index (χ2v) is 6.35. The second-order valence-electron chi connectivity index (χ2n) is 6.35. The average molecular weight is 342 g/mol. The number of carbonyl (C=O) groups excluding carboxylic acids is 1. The molecule has 1 fully saturated rings. The molecule has 1 aliphatic heterocycles. The largest absolute Gasteiger partial charge is 0.493 e. The van der Waals surface area contributed by atoms with Crippen LogP contribution in [0.5, 0.6) is 5.75 Å². The van der Waals surface area contributed by atoms with Crippen LogP contribution in [-0.4, -0.2) is 58.0 Å². The maximum atomic E-state index is 12.8. The van der Waals surface area contributed by atoms with E-state index in [2.05, 4.69) is 14.5 Å². The van der Waals surface area contributed by atoms with E-state index in [1.807, 2.05) is 56.3 Å². The van der Waals surface area contributed by atoms with Crippen molar-refractivity contribution in [1.82, 2.24) is 19.4 Å². The van der Waals surface area contributed by atoms with E-state index in [4.69, 9.17) is 4.74 Å². The fraction of sp³-hybridized carbons (Fsp3) is 0.474. The molecule has 134 valence electrons. The van der Waals surface area contributed by atoms with Crippen molar-refractivity contribution in [3.05, 3.63) is 47.5 Å². The van der Waals surface area contributed by atoms with E-state index in [9.17, 15) is 4.79 Å². The van der Waals surface area contributed by atoms with Gasteiger partial charge in [-0.05, 0) is 26.0 Å². The molecule has 6 heteroatoms. The Balaban J connectivity index is 1.60. The number of nitrogens with zero attached hydrogens (tertiary/aromatic N) is 4. The number of hydrogen-bond acceptors (Lipinski definition) is 4.